The Balaban J connectivity index is 2.14. The summed E-state index contributed by atoms with van der Waals surface area (Å²) in [6.07, 6.45) is 0. The molecule has 0 aliphatic heterocycles. The van der Waals surface area contributed by atoms with Crippen molar-refractivity contribution in [2.45, 2.75) is 26.8 Å². The molecule has 0 aliphatic rings. The summed E-state index contributed by atoms with van der Waals surface area (Å²) in [6.45, 7) is 5.29. The van der Waals surface area contributed by atoms with Crippen LogP contribution in [0.1, 0.15) is 30.1 Å². The van der Waals surface area contributed by atoms with E-state index in [9.17, 15) is 9.59 Å². The van der Waals surface area contributed by atoms with Gasteiger partial charge in [-0.15, -0.1) is 11.3 Å². The number of carbonyl (C=O) groups excluding carboxylic acids is 1. The molecule has 0 saturated carbocycles. The van der Waals surface area contributed by atoms with E-state index in [-0.39, 0.29) is 11.6 Å². The largest absolute Gasteiger partial charge is 0.480 e. The Morgan fingerprint density at radius 2 is 2.10 bits per heavy atom. The van der Waals surface area contributed by atoms with Crippen LogP contribution in [-0.2, 0) is 4.79 Å². The number of hydrogen-bond acceptors (Lipinski definition) is 5. The van der Waals surface area contributed by atoms with Gasteiger partial charge in [0.2, 0.25) is 0 Å². The van der Waals surface area contributed by atoms with Crippen LogP contribution in [0.5, 0.6) is 0 Å². The van der Waals surface area contributed by atoms with E-state index in [4.69, 9.17) is 9.52 Å². The number of aromatic nitrogens is 1. The summed E-state index contributed by atoms with van der Waals surface area (Å²) >= 11 is 1.28. The molecule has 112 valence electrons. The summed E-state index contributed by atoms with van der Waals surface area (Å²) in [6, 6.07) is 2.66. The van der Waals surface area contributed by atoms with Crippen LogP contribution in [0.15, 0.2) is 21.9 Å². The number of aryl methyl sites for hydroxylation is 1. The highest BCUT2D eigenvalue weighted by atomic mass is 32.1. The first-order valence-electron chi connectivity index (χ1n) is 6.44. The molecule has 0 radical (unpaired) electrons. The molecule has 21 heavy (non-hydrogen) atoms. The normalized spacial score (nSPS) is 12.4. The van der Waals surface area contributed by atoms with Crippen molar-refractivity contribution < 1.29 is 19.1 Å². The molecule has 0 aliphatic carbocycles. The number of carboxylic acids is 1. The van der Waals surface area contributed by atoms with Crippen LogP contribution in [-0.4, -0.2) is 28.0 Å². The predicted molar refractivity (Wildman–Crippen MR) is 78.3 cm³/mol. The van der Waals surface area contributed by atoms with Crippen molar-refractivity contribution >= 4 is 23.2 Å². The van der Waals surface area contributed by atoms with E-state index in [2.05, 4.69) is 10.3 Å². The molecule has 0 aromatic carbocycles. The fourth-order valence-corrected chi connectivity index (χ4v) is 2.53. The van der Waals surface area contributed by atoms with Crippen LogP contribution < -0.4 is 5.32 Å². The van der Waals surface area contributed by atoms with E-state index < -0.39 is 17.9 Å². The summed E-state index contributed by atoms with van der Waals surface area (Å²) < 4.78 is 5.44. The van der Waals surface area contributed by atoms with Gasteiger partial charge in [-0.3, -0.25) is 4.79 Å². The molecule has 7 heteroatoms. The lowest BCUT2D eigenvalue weighted by molar-refractivity contribution is -0.140. The number of hydrogen-bond donors (Lipinski definition) is 2. The summed E-state index contributed by atoms with van der Waals surface area (Å²) in [5.41, 5.74) is 0.191. The molecular formula is C14H16N2O4S. The number of thiazole rings is 1. The van der Waals surface area contributed by atoms with Gasteiger partial charge in [0.15, 0.2) is 10.8 Å². The zero-order valence-electron chi connectivity index (χ0n) is 11.9. The zero-order chi connectivity index (χ0) is 15.6. The number of rotatable bonds is 5. The first kappa shape index (κ1) is 15.2. The molecule has 0 bridgehead atoms. The van der Waals surface area contributed by atoms with E-state index in [0.717, 1.165) is 5.76 Å². The van der Waals surface area contributed by atoms with E-state index in [1.165, 1.54) is 11.3 Å². The van der Waals surface area contributed by atoms with Crippen molar-refractivity contribution in [2.75, 3.05) is 0 Å². The van der Waals surface area contributed by atoms with Crippen molar-refractivity contribution in [3.05, 3.63) is 29.0 Å². The van der Waals surface area contributed by atoms with Gasteiger partial charge in [0.25, 0.3) is 5.91 Å². The Kier molecular flexibility index (Phi) is 4.42. The summed E-state index contributed by atoms with van der Waals surface area (Å²) in [5.74, 6) is -0.415. The van der Waals surface area contributed by atoms with E-state index in [1.54, 1.807) is 25.3 Å². The van der Waals surface area contributed by atoms with Crippen LogP contribution in [0.4, 0.5) is 0 Å². The molecule has 1 atom stereocenters. The smallest absolute Gasteiger partial charge is 0.326 e. The molecule has 2 N–H and O–H groups in total. The molecule has 0 saturated heterocycles. The third kappa shape index (κ3) is 3.49. The van der Waals surface area contributed by atoms with Gasteiger partial charge in [0, 0.05) is 5.38 Å². The average molecular weight is 308 g/mol. The lowest BCUT2D eigenvalue weighted by atomic mass is 10.0. The minimum Gasteiger partial charge on any atom is -0.480 e. The predicted octanol–water partition coefficient (Wildman–Crippen LogP) is 2.55. The molecule has 2 aromatic heterocycles. The summed E-state index contributed by atoms with van der Waals surface area (Å²) in [4.78, 5) is 27.3. The number of nitrogens with zero attached hydrogens (tertiary/aromatic N) is 1. The number of furan rings is 1. The fourth-order valence-electron chi connectivity index (χ4n) is 1.77. The second-order valence-corrected chi connectivity index (χ2v) is 5.84. The third-order valence-electron chi connectivity index (χ3n) is 2.91. The monoisotopic (exact) mass is 308 g/mol. The van der Waals surface area contributed by atoms with Crippen molar-refractivity contribution in [3.63, 3.8) is 0 Å². The Labute approximate surface area is 125 Å². The molecule has 6 nitrogen and oxygen atoms in total. The quantitative estimate of drug-likeness (QED) is 0.885. The van der Waals surface area contributed by atoms with Gasteiger partial charge in [-0.05, 0) is 25.0 Å². The number of amides is 1. The molecule has 1 unspecified atom stereocenters. The van der Waals surface area contributed by atoms with Crippen LogP contribution in [0.25, 0.3) is 10.8 Å². The number of carboxylic acid groups (broad SMARTS) is 1. The maximum Gasteiger partial charge on any atom is 0.326 e. The maximum absolute atomic E-state index is 12.1. The van der Waals surface area contributed by atoms with Gasteiger partial charge < -0.3 is 14.8 Å². The Hall–Kier alpha value is -2.15. The van der Waals surface area contributed by atoms with Crippen molar-refractivity contribution in [2.24, 2.45) is 5.92 Å². The molecule has 2 heterocycles. The van der Waals surface area contributed by atoms with E-state index in [0.29, 0.717) is 10.8 Å². The molecule has 2 rings (SSSR count). The van der Waals surface area contributed by atoms with Crippen LogP contribution in [0.3, 0.4) is 0 Å². The minimum atomic E-state index is -1.06. The van der Waals surface area contributed by atoms with E-state index >= 15 is 0 Å². The number of aliphatic carboxylic acids is 1. The Morgan fingerprint density at radius 1 is 1.38 bits per heavy atom. The van der Waals surface area contributed by atoms with E-state index in [1.807, 2.05) is 13.0 Å². The Bertz CT molecular complexity index is 659. The van der Waals surface area contributed by atoms with Gasteiger partial charge >= 0.3 is 5.97 Å². The van der Waals surface area contributed by atoms with Gasteiger partial charge in [-0.1, -0.05) is 13.8 Å². The van der Waals surface area contributed by atoms with Gasteiger partial charge in [0.1, 0.15) is 17.5 Å². The highest BCUT2D eigenvalue weighted by Gasteiger charge is 2.25. The Morgan fingerprint density at radius 3 is 2.62 bits per heavy atom. The lowest BCUT2D eigenvalue weighted by Crippen LogP contribution is -2.44. The zero-order valence-corrected chi connectivity index (χ0v) is 12.7. The second-order valence-electron chi connectivity index (χ2n) is 4.98. The molecular weight excluding hydrogens is 292 g/mol. The number of nitrogens with one attached hydrogen (secondary N) is 1. The first-order chi connectivity index (χ1) is 9.88. The van der Waals surface area contributed by atoms with Gasteiger partial charge in [-0.2, -0.15) is 0 Å². The maximum atomic E-state index is 12.1. The fraction of sp³-hybridized carbons (Fsp3) is 0.357. The highest BCUT2D eigenvalue weighted by Crippen LogP contribution is 2.25. The van der Waals surface area contributed by atoms with Crippen molar-refractivity contribution in [1.82, 2.24) is 10.3 Å². The van der Waals surface area contributed by atoms with Crippen LogP contribution >= 0.6 is 11.3 Å². The third-order valence-corrected chi connectivity index (χ3v) is 3.76. The van der Waals surface area contributed by atoms with Crippen LogP contribution in [0, 0.1) is 12.8 Å². The lowest BCUT2D eigenvalue weighted by Gasteiger charge is -2.16. The topological polar surface area (TPSA) is 92.4 Å². The van der Waals surface area contributed by atoms with Crippen molar-refractivity contribution in [1.29, 1.82) is 0 Å². The number of carbonyl (C=O) groups is 2. The SMILES string of the molecule is Cc1ccc(-c2nc(C(=O)NC(C(=O)O)C(C)C)cs2)o1. The van der Waals surface area contributed by atoms with Crippen molar-refractivity contribution in [3.8, 4) is 10.8 Å². The molecule has 0 fully saturated rings. The average Bonchev–Trinajstić information content (AvgIpc) is 3.03. The molecule has 1 amide bonds. The second kappa shape index (κ2) is 6.09. The highest BCUT2D eigenvalue weighted by molar-refractivity contribution is 7.13. The van der Waals surface area contributed by atoms with Gasteiger partial charge in [0.05, 0.1) is 0 Å². The minimum absolute atomic E-state index is 0.191. The summed E-state index contributed by atoms with van der Waals surface area (Å²) in [7, 11) is 0. The summed E-state index contributed by atoms with van der Waals surface area (Å²) in [5, 5.41) is 13.7. The molecule has 0 spiro atoms. The molecule has 2 aromatic rings. The van der Waals surface area contributed by atoms with Crippen LogP contribution in [0.2, 0.25) is 0 Å². The standard InChI is InChI=1S/C14H16N2O4S/c1-7(2)11(14(18)19)16-12(17)9-6-21-13(15-9)10-5-4-8(3)20-10/h4-7,11H,1-3H3,(H,16,17)(H,18,19). The van der Waals surface area contributed by atoms with Gasteiger partial charge in [-0.25, -0.2) is 9.78 Å². The first-order valence-corrected chi connectivity index (χ1v) is 7.32.